The third kappa shape index (κ3) is 3.30. The van der Waals surface area contributed by atoms with Crippen molar-refractivity contribution in [1.29, 1.82) is 0 Å². The van der Waals surface area contributed by atoms with E-state index in [0.29, 0.717) is 11.3 Å². The van der Waals surface area contributed by atoms with Gasteiger partial charge >= 0.3 is 0 Å². The van der Waals surface area contributed by atoms with Crippen LogP contribution in [0.15, 0.2) is 24.3 Å². The van der Waals surface area contributed by atoms with Crippen molar-refractivity contribution in [3.8, 4) is 5.75 Å². The molecule has 0 aliphatic carbocycles. The van der Waals surface area contributed by atoms with Gasteiger partial charge in [0.25, 0.3) is 0 Å². The summed E-state index contributed by atoms with van der Waals surface area (Å²) in [6.45, 7) is 5.53. The Hall–Kier alpha value is -1.14. The lowest BCUT2D eigenvalue weighted by Gasteiger charge is -2.22. The van der Waals surface area contributed by atoms with Gasteiger partial charge < -0.3 is 24.8 Å². The monoisotopic (exact) mass is 282 g/mol. The van der Waals surface area contributed by atoms with Gasteiger partial charge in [-0.15, -0.1) is 0 Å². The summed E-state index contributed by atoms with van der Waals surface area (Å²) >= 11 is 0. The number of aliphatic hydroxyl groups excluding tert-OH is 3. The zero-order valence-electron chi connectivity index (χ0n) is 12.0. The predicted octanol–water partition coefficient (Wildman–Crippen LogP) is 1.02. The van der Waals surface area contributed by atoms with E-state index in [1.807, 2.05) is 32.9 Å². The predicted molar refractivity (Wildman–Crippen MR) is 73.5 cm³/mol. The highest BCUT2D eigenvalue weighted by Gasteiger charge is 2.43. The average Bonchev–Trinajstić information content (AvgIpc) is 2.64. The molecule has 1 aliphatic heterocycles. The van der Waals surface area contributed by atoms with E-state index in [1.165, 1.54) is 0 Å². The Morgan fingerprint density at radius 2 is 1.90 bits per heavy atom. The quantitative estimate of drug-likeness (QED) is 0.771. The second-order valence-corrected chi connectivity index (χ2v) is 6.05. The average molecular weight is 282 g/mol. The highest BCUT2D eigenvalue weighted by atomic mass is 16.6. The Kier molecular flexibility index (Phi) is 4.34. The first-order valence-corrected chi connectivity index (χ1v) is 6.73. The first kappa shape index (κ1) is 15.3. The van der Waals surface area contributed by atoms with Gasteiger partial charge in [-0.2, -0.15) is 0 Å². The molecule has 4 atom stereocenters. The van der Waals surface area contributed by atoms with Gasteiger partial charge in [-0.25, -0.2) is 0 Å². The number of hydrogen-bond donors (Lipinski definition) is 3. The van der Waals surface area contributed by atoms with Crippen LogP contribution in [0.3, 0.4) is 0 Å². The maximum absolute atomic E-state index is 10.0. The van der Waals surface area contributed by atoms with Crippen LogP contribution in [0.25, 0.3) is 0 Å². The molecular formula is C15H22O5. The van der Waals surface area contributed by atoms with E-state index in [1.54, 1.807) is 12.1 Å². The Balaban J connectivity index is 2.19. The molecule has 1 aliphatic rings. The van der Waals surface area contributed by atoms with E-state index in [2.05, 4.69) is 0 Å². The summed E-state index contributed by atoms with van der Waals surface area (Å²) in [4.78, 5) is 0. The number of rotatable bonds is 3. The van der Waals surface area contributed by atoms with Gasteiger partial charge in [-0.05, 0) is 38.5 Å². The molecule has 0 unspecified atom stereocenters. The molecule has 0 radical (unpaired) electrons. The molecule has 20 heavy (non-hydrogen) atoms. The Labute approximate surface area is 118 Å². The van der Waals surface area contributed by atoms with E-state index in [9.17, 15) is 10.2 Å². The molecule has 5 heteroatoms. The van der Waals surface area contributed by atoms with E-state index >= 15 is 0 Å². The van der Waals surface area contributed by atoms with Crippen LogP contribution in [0.5, 0.6) is 5.75 Å². The van der Waals surface area contributed by atoms with Crippen LogP contribution in [0, 0.1) is 0 Å². The molecule has 1 fully saturated rings. The van der Waals surface area contributed by atoms with E-state index in [-0.39, 0.29) is 12.2 Å². The van der Waals surface area contributed by atoms with Gasteiger partial charge in [0.2, 0.25) is 0 Å². The standard InChI is InChI=1S/C15H22O5/c1-15(2,3)20-10-6-4-5-9(7-10)14-13(18)12(17)11(8-16)19-14/h4-7,11-14,16-18H,8H2,1-3H3/t11-,12-,13-,14+/m1/s1. The molecule has 2 rings (SSSR count). The normalized spacial score (nSPS) is 30.5. The second kappa shape index (κ2) is 5.69. The molecule has 1 saturated heterocycles. The molecule has 3 N–H and O–H groups in total. The minimum Gasteiger partial charge on any atom is -0.488 e. The minimum atomic E-state index is -1.09. The van der Waals surface area contributed by atoms with Crippen molar-refractivity contribution in [3.63, 3.8) is 0 Å². The molecule has 0 bridgehead atoms. The highest BCUT2D eigenvalue weighted by molar-refractivity contribution is 5.31. The van der Waals surface area contributed by atoms with Crippen molar-refractivity contribution in [1.82, 2.24) is 0 Å². The van der Waals surface area contributed by atoms with Crippen LogP contribution < -0.4 is 4.74 Å². The SMILES string of the molecule is CC(C)(C)Oc1cccc([C@@H]2O[C@H](CO)[C@@H](O)[C@H]2O)c1. The Morgan fingerprint density at radius 1 is 1.20 bits per heavy atom. The first-order chi connectivity index (χ1) is 9.31. The largest absolute Gasteiger partial charge is 0.488 e. The zero-order valence-corrected chi connectivity index (χ0v) is 12.0. The Bertz CT molecular complexity index is 454. The lowest BCUT2D eigenvalue weighted by molar-refractivity contribution is -0.0228. The molecule has 112 valence electrons. The summed E-state index contributed by atoms with van der Waals surface area (Å²) in [6, 6.07) is 7.22. The van der Waals surface area contributed by atoms with Crippen molar-refractivity contribution in [2.45, 2.75) is 50.8 Å². The minimum absolute atomic E-state index is 0.319. The van der Waals surface area contributed by atoms with Crippen LogP contribution in [-0.2, 0) is 4.74 Å². The summed E-state index contributed by atoms with van der Waals surface area (Å²) in [7, 11) is 0. The van der Waals surface area contributed by atoms with Gasteiger partial charge in [0.15, 0.2) is 0 Å². The van der Waals surface area contributed by atoms with Gasteiger partial charge in [-0.1, -0.05) is 12.1 Å². The van der Waals surface area contributed by atoms with Crippen molar-refractivity contribution < 1.29 is 24.8 Å². The Morgan fingerprint density at radius 3 is 2.45 bits per heavy atom. The topological polar surface area (TPSA) is 79.2 Å². The highest BCUT2D eigenvalue weighted by Crippen LogP contribution is 2.35. The summed E-state index contributed by atoms with van der Waals surface area (Å²) in [5.74, 6) is 0.674. The van der Waals surface area contributed by atoms with Crippen molar-refractivity contribution in [2.75, 3.05) is 6.61 Å². The summed E-state index contributed by atoms with van der Waals surface area (Å²) in [5, 5.41) is 28.9. The van der Waals surface area contributed by atoms with Gasteiger partial charge in [-0.3, -0.25) is 0 Å². The molecule has 1 aromatic carbocycles. The van der Waals surface area contributed by atoms with Crippen LogP contribution in [0.2, 0.25) is 0 Å². The molecule has 0 amide bonds. The molecule has 1 heterocycles. The fourth-order valence-electron chi connectivity index (χ4n) is 2.28. The van der Waals surface area contributed by atoms with Crippen molar-refractivity contribution >= 4 is 0 Å². The van der Waals surface area contributed by atoms with Crippen LogP contribution in [0.1, 0.15) is 32.4 Å². The van der Waals surface area contributed by atoms with Crippen LogP contribution in [-0.4, -0.2) is 45.8 Å². The summed E-state index contributed by atoms with van der Waals surface area (Å²) in [5.41, 5.74) is 0.398. The first-order valence-electron chi connectivity index (χ1n) is 6.73. The van der Waals surface area contributed by atoms with E-state index < -0.39 is 24.4 Å². The molecule has 1 aromatic rings. The molecular weight excluding hydrogens is 260 g/mol. The number of aliphatic hydroxyl groups is 3. The van der Waals surface area contributed by atoms with E-state index in [4.69, 9.17) is 14.6 Å². The molecule has 0 aromatic heterocycles. The lowest BCUT2D eigenvalue weighted by Crippen LogP contribution is -2.32. The van der Waals surface area contributed by atoms with Crippen molar-refractivity contribution in [3.05, 3.63) is 29.8 Å². The van der Waals surface area contributed by atoms with Crippen molar-refractivity contribution in [2.24, 2.45) is 0 Å². The third-order valence-electron chi connectivity index (χ3n) is 3.15. The maximum atomic E-state index is 10.0. The smallest absolute Gasteiger partial charge is 0.120 e. The van der Waals surface area contributed by atoms with E-state index in [0.717, 1.165) is 0 Å². The fraction of sp³-hybridized carbons (Fsp3) is 0.600. The fourth-order valence-corrected chi connectivity index (χ4v) is 2.28. The van der Waals surface area contributed by atoms with Crippen LogP contribution in [0.4, 0.5) is 0 Å². The van der Waals surface area contributed by atoms with Gasteiger partial charge in [0.1, 0.15) is 35.8 Å². The second-order valence-electron chi connectivity index (χ2n) is 6.05. The number of benzene rings is 1. The molecule has 5 nitrogen and oxygen atoms in total. The molecule has 0 saturated carbocycles. The van der Waals surface area contributed by atoms with Gasteiger partial charge in [0.05, 0.1) is 6.61 Å². The van der Waals surface area contributed by atoms with Gasteiger partial charge in [0, 0.05) is 0 Å². The summed E-state index contributed by atoms with van der Waals surface area (Å²) in [6.07, 6.45) is -3.57. The maximum Gasteiger partial charge on any atom is 0.120 e. The lowest BCUT2D eigenvalue weighted by atomic mass is 10.0. The third-order valence-corrected chi connectivity index (χ3v) is 3.15. The van der Waals surface area contributed by atoms with Crippen LogP contribution >= 0.6 is 0 Å². The number of hydrogen-bond acceptors (Lipinski definition) is 5. The zero-order chi connectivity index (χ0) is 14.9. The molecule has 0 spiro atoms. The summed E-state index contributed by atoms with van der Waals surface area (Å²) < 4.78 is 11.3. The number of ether oxygens (including phenoxy) is 2.